The molecule has 0 atom stereocenters. The van der Waals surface area contributed by atoms with Gasteiger partial charge in [0.15, 0.2) is 0 Å². The normalized spacial score (nSPS) is 10.8. The van der Waals surface area contributed by atoms with Crippen LogP contribution in [0.3, 0.4) is 0 Å². The van der Waals surface area contributed by atoms with Gasteiger partial charge in [0.1, 0.15) is 0 Å². The summed E-state index contributed by atoms with van der Waals surface area (Å²) in [7, 11) is 1.69. The molecule has 0 amide bonds. The third kappa shape index (κ3) is 4.25. The molecular weight excluding hydrogens is 274 g/mol. The lowest BCUT2D eigenvalue weighted by molar-refractivity contribution is 0.210. The van der Waals surface area contributed by atoms with Gasteiger partial charge in [0.05, 0.1) is 12.3 Å². The molecule has 0 saturated carbocycles. The van der Waals surface area contributed by atoms with E-state index in [1.165, 1.54) is 5.56 Å². The summed E-state index contributed by atoms with van der Waals surface area (Å²) in [5.41, 5.74) is 2.28. The molecule has 0 fully saturated rings. The summed E-state index contributed by atoms with van der Waals surface area (Å²) in [5.74, 6) is 0.897. The summed E-state index contributed by atoms with van der Waals surface area (Å²) in [6.45, 7) is 4.31. The molecule has 0 bridgehead atoms. The first-order chi connectivity index (χ1) is 9.69. The van der Waals surface area contributed by atoms with E-state index in [1.54, 1.807) is 7.11 Å². The Bertz CT molecular complexity index is 537. The number of nitrogens with one attached hydrogen (secondary N) is 1. The second kappa shape index (κ2) is 7.31. The molecule has 1 heterocycles. The third-order valence-electron chi connectivity index (χ3n) is 3.04. The lowest BCUT2D eigenvalue weighted by atomic mass is 10.1. The molecule has 1 aromatic heterocycles. The Morgan fingerprint density at radius 3 is 2.75 bits per heavy atom. The zero-order valence-corrected chi connectivity index (χ0v) is 12.7. The molecule has 0 spiro atoms. The van der Waals surface area contributed by atoms with Crippen molar-refractivity contribution in [1.29, 1.82) is 0 Å². The van der Waals surface area contributed by atoms with Crippen LogP contribution in [0, 0.1) is 6.92 Å². The van der Waals surface area contributed by atoms with Crippen LogP contribution in [0.2, 0.25) is 5.02 Å². The third-order valence-corrected chi connectivity index (χ3v) is 3.29. The van der Waals surface area contributed by atoms with E-state index in [-0.39, 0.29) is 0 Å². The zero-order chi connectivity index (χ0) is 14.4. The summed E-state index contributed by atoms with van der Waals surface area (Å²) in [5, 5.41) is 4.06. The Morgan fingerprint density at radius 1 is 1.30 bits per heavy atom. The van der Waals surface area contributed by atoms with Crippen molar-refractivity contribution in [3.63, 3.8) is 0 Å². The number of aromatic nitrogens is 2. The Balaban J connectivity index is 1.96. The maximum absolute atomic E-state index is 5.89. The quantitative estimate of drug-likeness (QED) is 0.797. The topological polar surface area (TPSA) is 39.1 Å². The Kier molecular flexibility index (Phi) is 5.44. The van der Waals surface area contributed by atoms with Gasteiger partial charge in [-0.3, -0.25) is 0 Å². The van der Waals surface area contributed by atoms with Crippen molar-refractivity contribution in [2.45, 2.75) is 19.9 Å². The van der Waals surface area contributed by atoms with Crippen molar-refractivity contribution in [2.24, 2.45) is 0 Å². The van der Waals surface area contributed by atoms with Crippen molar-refractivity contribution < 1.29 is 4.74 Å². The summed E-state index contributed by atoms with van der Waals surface area (Å²) in [6, 6.07) is 7.97. The SMILES string of the molecule is COCCNc1nc(C)cn1CCc1ccc(Cl)cc1. The zero-order valence-electron chi connectivity index (χ0n) is 11.9. The largest absolute Gasteiger partial charge is 0.383 e. The number of aryl methyl sites for hydroxylation is 3. The number of benzene rings is 1. The minimum absolute atomic E-state index is 0.670. The van der Waals surface area contributed by atoms with Gasteiger partial charge in [-0.25, -0.2) is 4.98 Å². The molecule has 4 nitrogen and oxygen atoms in total. The number of ether oxygens (including phenoxy) is 1. The molecule has 2 aromatic rings. The van der Waals surface area contributed by atoms with Crippen molar-refractivity contribution >= 4 is 17.5 Å². The second-order valence-corrected chi connectivity index (χ2v) is 5.13. The van der Waals surface area contributed by atoms with Gasteiger partial charge in [0.2, 0.25) is 5.95 Å². The monoisotopic (exact) mass is 293 g/mol. The van der Waals surface area contributed by atoms with Gasteiger partial charge in [-0.1, -0.05) is 23.7 Å². The number of hydrogen-bond donors (Lipinski definition) is 1. The van der Waals surface area contributed by atoms with E-state index in [1.807, 2.05) is 19.1 Å². The van der Waals surface area contributed by atoms with E-state index in [4.69, 9.17) is 16.3 Å². The van der Waals surface area contributed by atoms with Crippen molar-refractivity contribution in [3.8, 4) is 0 Å². The highest BCUT2D eigenvalue weighted by atomic mass is 35.5. The molecule has 1 N–H and O–H groups in total. The average Bonchev–Trinajstić information content (AvgIpc) is 2.79. The van der Waals surface area contributed by atoms with E-state index >= 15 is 0 Å². The summed E-state index contributed by atoms with van der Waals surface area (Å²) in [6.07, 6.45) is 3.01. The summed E-state index contributed by atoms with van der Waals surface area (Å²) >= 11 is 5.89. The first-order valence-electron chi connectivity index (χ1n) is 6.70. The molecule has 2 rings (SSSR count). The van der Waals surface area contributed by atoms with Crippen molar-refractivity contribution in [1.82, 2.24) is 9.55 Å². The highest BCUT2D eigenvalue weighted by molar-refractivity contribution is 6.30. The molecule has 1 aromatic carbocycles. The molecule has 0 aliphatic carbocycles. The smallest absolute Gasteiger partial charge is 0.203 e. The van der Waals surface area contributed by atoms with Crippen LogP contribution in [-0.4, -0.2) is 29.8 Å². The molecule has 0 aliphatic heterocycles. The highest BCUT2D eigenvalue weighted by Gasteiger charge is 2.05. The Hall–Kier alpha value is -1.52. The van der Waals surface area contributed by atoms with Gasteiger partial charge in [-0.2, -0.15) is 0 Å². The molecule has 0 unspecified atom stereocenters. The van der Waals surface area contributed by atoms with Crippen LogP contribution in [0.25, 0.3) is 0 Å². The first kappa shape index (κ1) is 14.9. The number of methoxy groups -OCH3 is 1. The average molecular weight is 294 g/mol. The lowest BCUT2D eigenvalue weighted by Gasteiger charge is -2.09. The van der Waals surface area contributed by atoms with Crippen molar-refractivity contribution in [3.05, 3.63) is 46.7 Å². The first-order valence-corrected chi connectivity index (χ1v) is 7.08. The molecule has 0 aliphatic rings. The number of imidazole rings is 1. The molecule has 108 valence electrons. The maximum Gasteiger partial charge on any atom is 0.203 e. The van der Waals surface area contributed by atoms with Gasteiger partial charge < -0.3 is 14.6 Å². The number of anilines is 1. The summed E-state index contributed by atoms with van der Waals surface area (Å²) in [4.78, 5) is 4.48. The Morgan fingerprint density at radius 2 is 2.05 bits per heavy atom. The molecule has 20 heavy (non-hydrogen) atoms. The molecule has 5 heteroatoms. The maximum atomic E-state index is 5.89. The number of rotatable bonds is 7. The van der Waals surface area contributed by atoms with Crippen LogP contribution < -0.4 is 5.32 Å². The fraction of sp³-hybridized carbons (Fsp3) is 0.400. The predicted octanol–water partition coefficient (Wildman–Crippen LogP) is 3.15. The number of hydrogen-bond acceptors (Lipinski definition) is 3. The van der Waals surface area contributed by atoms with Crippen LogP contribution in [0.15, 0.2) is 30.5 Å². The van der Waals surface area contributed by atoms with Gasteiger partial charge in [0, 0.05) is 31.4 Å². The van der Waals surface area contributed by atoms with E-state index in [2.05, 4.69) is 33.2 Å². The molecule has 0 saturated heterocycles. The van der Waals surface area contributed by atoms with Crippen LogP contribution in [0.5, 0.6) is 0 Å². The van der Waals surface area contributed by atoms with E-state index in [9.17, 15) is 0 Å². The van der Waals surface area contributed by atoms with Crippen molar-refractivity contribution in [2.75, 3.05) is 25.6 Å². The molecule has 0 radical (unpaired) electrons. The van der Waals surface area contributed by atoms with Crippen LogP contribution >= 0.6 is 11.6 Å². The van der Waals surface area contributed by atoms with Crippen LogP contribution in [0.4, 0.5) is 5.95 Å². The summed E-state index contributed by atoms with van der Waals surface area (Å²) < 4.78 is 7.18. The van der Waals surface area contributed by atoms with Gasteiger partial charge in [-0.15, -0.1) is 0 Å². The van der Waals surface area contributed by atoms with Crippen LogP contribution in [0.1, 0.15) is 11.3 Å². The van der Waals surface area contributed by atoms with E-state index in [0.717, 1.165) is 36.2 Å². The fourth-order valence-electron chi connectivity index (χ4n) is 2.02. The predicted molar refractivity (Wildman–Crippen MR) is 82.5 cm³/mol. The van der Waals surface area contributed by atoms with Gasteiger partial charge in [0.25, 0.3) is 0 Å². The number of nitrogens with zero attached hydrogens (tertiary/aromatic N) is 2. The second-order valence-electron chi connectivity index (χ2n) is 4.70. The fourth-order valence-corrected chi connectivity index (χ4v) is 2.15. The highest BCUT2D eigenvalue weighted by Crippen LogP contribution is 2.13. The lowest BCUT2D eigenvalue weighted by Crippen LogP contribution is -2.13. The van der Waals surface area contributed by atoms with Gasteiger partial charge >= 0.3 is 0 Å². The van der Waals surface area contributed by atoms with Crippen LogP contribution in [-0.2, 0) is 17.7 Å². The molecular formula is C15H20ClN3O. The van der Waals surface area contributed by atoms with E-state index < -0.39 is 0 Å². The standard InChI is InChI=1S/C15H20ClN3O/c1-12-11-19(15(18-12)17-8-10-20-2)9-7-13-3-5-14(16)6-4-13/h3-6,11H,7-10H2,1-2H3,(H,17,18). The minimum atomic E-state index is 0.670. The number of halogens is 1. The van der Waals surface area contributed by atoms with E-state index in [0.29, 0.717) is 6.61 Å². The van der Waals surface area contributed by atoms with Gasteiger partial charge in [-0.05, 0) is 31.0 Å². The Labute approximate surface area is 124 Å². The minimum Gasteiger partial charge on any atom is -0.383 e.